The summed E-state index contributed by atoms with van der Waals surface area (Å²) in [5.41, 5.74) is 1.35. The third-order valence-corrected chi connectivity index (χ3v) is 4.21. The van der Waals surface area contributed by atoms with Gasteiger partial charge in [-0.25, -0.2) is 0 Å². The molecule has 3 nitrogen and oxygen atoms in total. The molecular weight excluding hydrogens is 250 g/mol. The minimum atomic E-state index is -0.193. The van der Waals surface area contributed by atoms with E-state index in [1.54, 1.807) is 7.11 Å². The highest BCUT2D eigenvalue weighted by Gasteiger charge is 2.23. The van der Waals surface area contributed by atoms with E-state index in [2.05, 4.69) is 17.0 Å². The van der Waals surface area contributed by atoms with Crippen LogP contribution in [0.4, 0.5) is 0 Å². The molecule has 0 aliphatic carbocycles. The number of nitrogens with zero attached hydrogens (tertiary/aromatic N) is 1. The number of hydrogen-bond donors (Lipinski definition) is 1. The first-order valence-corrected chi connectivity index (χ1v) is 7.74. The summed E-state index contributed by atoms with van der Waals surface area (Å²) in [6.45, 7) is 4.16. The van der Waals surface area contributed by atoms with E-state index >= 15 is 0 Å². The summed E-state index contributed by atoms with van der Waals surface area (Å²) >= 11 is 0. The SMILES string of the molecule is COc1ccc(CCN2CCCCC2CC(C)O)cc1. The van der Waals surface area contributed by atoms with Crippen LogP contribution in [0.15, 0.2) is 24.3 Å². The number of aliphatic hydroxyl groups excluding tert-OH is 1. The highest BCUT2D eigenvalue weighted by Crippen LogP contribution is 2.21. The quantitative estimate of drug-likeness (QED) is 0.868. The Kier molecular flexibility index (Phi) is 5.86. The lowest BCUT2D eigenvalue weighted by Gasteiger charge is -2.36. The summed E-state index contributed by atoms with van der Waals surface area (Å²) in [6, 6.07) is 8.90. The smallest absolute Gasteiger partial charge is 0.118 e. The van der Waals surface area contributed by atoms with Crippen molar-refractivity contribution in [2.24, 2.45) is 0 Å². The minimum absolute atomic E-state index is 0.193. The number of methoxy groups -OCH3 is 1. The Morgan fingerprint density at radius 3 is 2.70 bits per heavy atom. The Morgan fingerprint density at radius 2 is 2.05 bits per heavy atom. The summed E-state index contributed by atoms with van der Waals surface area (Å²) in [5.74, 6) is 0.915. The van der Waals surface area contributed by atoms with E-state index in [4.69, 9.17) is 4.74 Å². The second-order valence-electron chi connectivity index (χ2n) is 5.87. The van der Waals surface area contributed by atoms with E-state index in [0.29, 0.717) is 6.04 Å². The topological polar surface area (TPSA) is 32.7 Å². The molecule has 2 rings (SSSR count). The van der Waals surface area contributed by atoms with Crippen LogP contribution in [-0.2, 0) is 6.42 Å². The molecule has 1 aliphatic heterocycles. The van der Waals surface area contributed by atoms with Crippen molar-refractivity contribution in [3.63, 3.8) is 0 Å². The third kappa shape index (κ3) is 4.50. The normalized spacial score (nSPS) is 21.6. The van der Waals surface area contributed by atoms with Crippen LogP contribution >= 0.6 is 0 Å². The lowest BCUT2D eigenvalue weighted by molar-refractivity contribution is 0.0877. The molecule has 0 amide bonds. The van der Waals surface area contributed by atoms with Crippen molar-refractivity contribution in [3.05, 3.63) is 29.8 Å². The molecule has 0 saturated carbocycles. The van der Waals surface area contributed by atoms with Crippen LogP contribution in [0.5, 0.6) is 5.75 Å². The van der Waals surface area contributed by atoms with Gasteiger partial charge in [0.15, 0.2) is 0 Å². The van der Waals surface area contributed by atoms with Crippen molar-refractivity contribution in [3.8, 4) is 5.75 Å². The molecule has 1 N–H and O–H groups in total. The van der Waals surface area contributed by atoms with Crippen LogP contribution in [0.2, 0.25) is 0 Å². The van der Waals surface area contributed by atoms with E-state index < -0.39 is 0 Å². The van der Waals surface area contributed by atoms with Gasteiger partial charge in [-0.1, -0.05) is 18.6 Å². The first kappa shape index (κ1) is 15.3. The lowest BCUT2D eigenvalue weighted by Crippen LogP contribution is -2.42. The Morgan fingerprint density at radius 1 is 1.30 bits per heavy atom. The van der Waals surface area contributed by atoms with E-state index in [1.807, 2.05) is 19.1 Å². The van der Waals surface area contributed by atoms with Crippen LogP contribution in [0, 0.1) is 0 Å². The first-order chi connectivity index (χ1) is 9.69. The maximum Gasteiger partial charge on any atom is 0.118 e. The summed E-state index contributed by atoms with van der Waals surface area (Å²) < 4.78 is 5.19. The molecular formula is C17H27NO2. The average molecular weight is 277 g/mol. The molecule has 1 saturated heterocycles. The van der Waals surface area contributed by atoms with Crippen LogP contribution in [0.3, 0.4) is 0 Å². The summed E-state index contributed by atoms with van der Waals surface area (Å²) in [6.07, 6.45) is 5.60. The van der Waals surface area contributed by atoms with Crippen molar-refractivity contribution in [1.82, 2.24) is 4.90 Å². The Labute approximate surface area is 122 Å². The van der Waals surface area contributed by atoms with E-state index in [-0.39, 0.29) is 6.10 Å². The van der Waals surface area contributed by atoms with Crippen LogP contribution < -0.4 is 4.74 Å². The fraction of sp³-hybridized carbons (Fsp3) is 0.647. The van der Waals surface area contributed by atoms with Gasteiger partial charge in [0.05, 0.1) is 13.2 Å². The van der Waals surface area contributed by atoms with Gasteiger partial charge in [-0.15, -0.1) is 0 Å². The van der Waals surface area contributed by atoms with E-state index in [1.165, 1.54) is 31.4 Å². The molecule has 0 radical (unpaired) electrons. The number of hydrogen-bond acceptors (Lipinski definition) is 3. The van der Waals surface area contributed by atoms with Crippen LogP contribution in [-0.4, -0.2) is 42.4 Å². The molecule has 1 heterocycles. The van der Waals surface area contributed by atoms with Crippen molar-refractivity contribution in [1.29, 1.82) is 0 Å². The number of ether oxygens (including phenoxy) is 1. The average Bonchev–Trinajstić information content (AvgIpc) is 2.46. The van der Waals surface area contributed by atoms with Crippen molar-refractivity contribution in [2.45, 2.75) is 51.2 Å². The standard InChI is InChI=1S/C17H27NO2/c1-14(19)13-16-5-3-4-11-18(16)12-10-15-6-8-17(20-2)9-7-15/h6-9,14,16,19H,3-5,10-13H2,1-2H3. The van der Waals surface area contributed by atoms with Crippen LogP contribution in [0.25, 0.3) is 0 Å². The summed E-state index contributed by atoms with van der Waals surface area (Å²) in [5, 5.41) is 9.62. The molecule has 0 aromatic heterocycles. The molecule has 2 unspecified atom stereocenters. The fourth-order valence-electron chi connectivity index (χ4n) is 3.08. The van der Waals surface area contributed by atoms with E-state index in [9.17, 15) is 5.11 Å². The maximum atomic E-state index is 9.62. The zero-order valence-electron chi connectivity index (χ0n) is 12.7. The number of likely N-dealkylation sites (tertiary alicyclic amines) is 1. The van der Waals surface area contributed by atoms with Gasteiger partial charge in [-0.3, -0.25) is 4.90 Å². The van der Waals surface area contributed by atoms with E-state index in [0.717, 1.165) is 25.1 Å². The number of piperidine rings is 1. The summed E-state index contributed by atoms with van der Waals surface area (Å²) in [7, 11) is 1.70. The van der Waals surface area contributed by atoms with Crippen LogP contribution in [0.1, 0.15) is 38.2 Å². The highest BCUT2D eigenvalue weighted by atomic mass is 16.5. The van der Waals surface area contributed by atoms with Gasteiger partial charge in [0.1, 0.15) is 5.75 Å². The second kappa shape index (κ2) is 7.65. The Balaban J connectivity index is 1.86. The third-order valence-electron chi connectivity index (χ3n) is 4.21. The predicted molar refractivity (Wildman–Crippen MR) is 82.2 cm³/mol. The predicted octanol–water partition coefficient (Wildman–Crippen LogP) is 2.86. The molecule has 0 spiro atoms. The maximum absolute atomic E-state index is 9.62. The largest absolute Gasteiger partial charge is 0.497 e. The Hall–Kier alpha value is -1.06. The van der Waals surface area contributed by atoms with Gasteiger partial charge in [0.25, 0.3) is 0 Å². The molecule has 3 heteroatoms. The van der Waals surface area contributed by atoms with Crippen molar-refractivity contribution < 1.29 is 9.84 Å². The number of rotatable bonds is 6. The molecule has 1 aliphatic rings. The second-order valence-corrected chi connectivity index (χ2v) is 5.87. The zero-order valence-corrected chi connectivity index (χ0v) is 12.7. The molecule has 2 atom stereocenters. The molecule has 20 heavy (non-hydrogen) atoms. The first-order valence-electron chi connectivity index (χ1n) is 7.74. The van der Waals surface area contributed by atoms with Gasteiger partial charge in [-0.2, -0.15) is 0 Å². The molecule has 0 bridgehead atoms. The summed E-state index contributed by atoms with van der Waals surface area (Å²) in [4.78, 5) is 2.56. The molecule has 1 aromatic carbocycles. The van der Waals surface area contributed by atoms with Gasteiger partial charge >= 0.3 is 0 Å². The lowest BCUT2D eigenvalue weighted by atomic mass is 9.96. The Bertz CT molecular complexity index is 388. The van der Waals surface area contributed by atoms with Gasteiger partial charge in [0.2, 0.25) is 0 Å². The number of aliphatic hydroxyl groups is 1. The zero-order chi connectivity index (χ0) is 14.4. The monoisotopic (exact) mass is 277 g/mol. The van der Waals surface area contributed by atoms with Gasteiger partial charge in [0, 0.05) is 12.6 Å². The van der Waals surface area contributed by atoms with Gasteiger partial charge < -0.3 is 9.84 Å². The van der Waals surface area contributed by atoms with Crippen molar-refractivity contribution >= 4 is 0 Å². The highest BCUT2D eigenvalue weighted by molar-refractivity contribution is 5.27. The molecule has 112 valence electrons. The van der Waals surface area contributed by atoms with Gasteiger partial charge in [-0.05, 0) is 56.8 Å². The minimum Gasteiger partial charge on any atom is -0.497 e. The number of benzene rings is 1. The molecule has 1 fully saturated rings. The fourth-order valence-corrected chi connectivity index (χ4v) is 3.08. The molecule has 1 aromatic rings. The van der Waals surface area contributed by atoms with Crippen molar-refractivity contribution in [2.75, 3.05) is 20.2 Å².